The summed E-state index contributed by atoms with van der Waals surface area (Å²) >= 11 is 0. The first-order valence-corrected chi connectivity index (χ1v) is 7.82. The van der Waals surface area contributed by atoms with Crippen molar-refractivity contribution in [2.24, 2.45) is 0 Å². The molecule has 4 nitrogen and oxygen atoms in total. The molecule has 0 saturated heterocycles. The minimum Gasteiger partial charge on any atom is -0.483 e. The van der Waals surface area contributed by atoms with E-state index in [4.69, 9.17) is 0 Å². The van der Waals surface area contributed by atoms with E-state index < -0.39 is 12.8 Å². The number of aryl methyl sites for hydroxylation is 1. The van der Waals surface area contributed by atoms with E-state index in [9.17, 15) is 18.0 Å². The molecule has 134 valence electrons. The molecule has 1 aromatic carbocycles. The number of carbonyl (C=O) groups excluding carboxylic acids is 1. The molecule has 1 atom stereocenters. The van der Waals surface area contributed by atoms with Crippen LogP contribution < -0.4 is 10.1 Å². The van der Waals surface area contributed by atoms with E-state index in [2.05, 4.69) is 15.0 Å². The molecule has 2 aromatic rings. The fourth-order valence-electron chi connectivity index (χ4n) is 2.19. The highest BCUT2D eigenvalue weighted by atomic mass is 19.4. The van der Waals surface area contributed by atoms with Gasteiger partial charge in [-0.2, -0.15) is 13.2 Å². The quantitative estimate of drug-likeness (QED) is 0.824. The van der Waals surface area contributed by atoms with E-state index in [-0.39, 0.29) is 17.7 Å². The second-order valence-corrected chi connectivity index (χ2v) is 5.60. The van der Waals surface area contributed by atoms with Gasteiger partial charge in [-0.05, 0) is 31.0 Å². The molecule has 0 aliphatic heterocycles. The molecule has 1 aromatic heterocycles. The molecule has 1 N–H and O–H groups in total. The Morgan fingerprint density at radius 3 is 2.52 bits per heavy atom. The lowest BCUT2D eigenvalue weighted by Crippen LogP contribution is -2.27. The van der Waals surface area contributed by atoms with Crippen LogP contribution in [0.5, 0.6) is 5.75 Å². The monoisotopic (exact) mass is 352 g/mol. The van der Waals surface area contributed by atoms with Crippen LogP contribution >= 0.6 is 0 Å². The van der Waals surface area contributed by atoms with Gasteiger partial charge < -0.3 is 10.1 Å². The molecule has 7 heteroatoms. The third kappa shape index (κ3) is 6.82. The van der Waals surface area contributed by atoms with Crippen LogP contribution in [0.2, 0.25) is 0 Å². The van der Waals surface area contributed by atoms with Crippen molar-refractivity contribution in [3.63, 3.8) is 0 Å². The van der Waals surface area contributed by atoms with Gasteiger partial charge in [-0.1, -0.05) is 30.3 Å². The number of nitrogens with zero attached hydrogens (tertiary/aromatic N) is 1. The summed E-state index contributed by atoms with van der Waals surface area (Å²) in [6.07, 6.45) is -2.19. The molecule has 1 unspecified atom stereocenters. The van der Waals surface area contributed by atoms with Crippen LogP contribution in [0, 0.1) is 0 Å². The minimum absolute atomic E-state index is 0.0312. The van der Waals surface area contributed by atoms with Crippen molar-refractivity contribution in [1.29, 1.82) is 0 Å². The van der Waals surface area contributed by atoms with Gasteiger partial charge in [0.2, 0.25) is 5.91 Å². The second kappa shape index (κ2) is 8.50. The molecule has 0 radical (unpaired) electrons. The zero-order chi connectivity index (χ0) is 18.3. The van der Waals surface area contributed by atoms with Crippen molar-refractivity contribution >= 4 is 5.91 Å². The maximum Gasteiger partial charge on any atom is 0.422 e. The van der Waals surface area contributed by atoms with E-state index in [0.717, 1.165) is 5.56 Å². The molecule has 0 saturated carbocycles. The van der Waals surface area contributed by atoms with Gasteiger partial charge in [-0.15, -0.1) is 0 Å². The van der Waals surface area contributed by atoms with E-state index >= 15 is 0 Å². The SMILES string of the molecule is CC(NC(=O)CCc1ccccc1)c1ccc(OCC(F)(F)F)cn1. The largest absolute Gasteiger partial charge is 0.483 e. The highest BCUT2D eigenvalue weighted by Crippen LogP contribution is 2.19. The average molecular weight is 352 g/mol. The number of halogens is 3. The number of ether oxygens (including phenoxy) is 1. The summed E-state index contributed by atoms with van der Waals surface area (Å²) < 4.78 is 40.9. The normalized spacial score (nSPS) is 12.5. The zero-order valence-electron chi connectivity index (χ0n) is 13.7. The van der Waals surface area contributed by atoms with E-state index in [1.807, 2.05) is 30.3 Å². The molecule has 0 aliphatic carbocycles. The number of amides is 1. The number of benzene rings is 1. The lowest BCUT2D eigenvalue weighted by Gasteiger charge is -2.14. The Labute approximate surface area is 144 Å². The van der Waals surface area contributed by atoms with Gasteiger partial charge in [0, 0.05) is 6.42 Å². The Morgan fingerprint density at radius 1 is 1.20 bits per heavy atom. The van der Waals surface area contributed by atoms with Gasteiger partial charge in [0.1, 0.15) is 5.75 Å². The number of pyridine rings is 1. The standard InChI is InChI=1S/C18H19F3N2O2/c1-13(23-17(24)10-7-14-5-3-2-4-6-14)16-9-8-15(11-22-16)25-12-18(19,20)21/h2-6,8-9,11,13H,7,10,12H2,1H3,(H,23,24). The fourth-order valence-corrected chi connectivity index (χ4v) is 2.19. The predicted octanol–water partition coefficient (Wildman–Crippen LogP) is 3.83. The van der Waals surface area contributed by atoms with Crippen molar-refractivity contribution < 1.29 is 22.7 Å². The molecule has 25 heavy (non-hydrogen) atoms. The topological polar surface area (TPSA) is 51.2 Å². The van der Waals surface area contributed by atoms with Crippen LogP contribution in [0.25, 0.3) is 0 Å². The first-order chi connectivity index (χ1) is 11.8. The van der Waals surface area contributed by atoms with Crippen molar-refractivity contribution in [1.82, 2.24) is 10.3 Å². The fraction of sp³-hybridized carbons (Fsp3) is 0.333. The van der Waals surface area contributed by atoms with Crippen LogP contribution in [0.3, 0.4) is 0 Å². The molecule has 0 fully saturated rings. The van der Waals surface area contributed by atoms with Gasteiger partial charge >= 0.3 is 6.18 Å². The Kier molecular flexibility index (Phi) is 6.38. The van der Waals surface area contributed by atoms with Gasteiger partial charge in [-0.25, -0.2) is 0 Å². The first kappa shape index (κ1) is 18.8. The predicted molar refractivity (Wildman–Crippen MR) is 87.1 cm³/mol. The number of hydrogen-bond acceptors (Lipinski definition) is 3. The van der Waals surface area contributed by atoms with Gasteiger partial charge in [0.25, 0.3) is 0 Å². The summed E-state index contributed by atoms with van der Waals surface area (Å²) in [6, 6.07) is 12.3. The maximum absolute atomic E-state index is 12.1. The van der Waals surface area contributed by atoms with E-state index in [1.165, 1.54) is 18.3 Å². The number of alkyl halides is 3. The molecule has 2 rings (SSSR count). The Morgan fingerprint density at radius 2 is 1.92 bits per heavy atom. The van der Waals surface area contributed by atoms with Crippen LogP contribution in [-0.4, -0.2) is 23.7 Å². The molecule has 0 bridgehead atoms. The first-order valence-electron chi connectivity index (χ1n) is 7.82. The number of carbonyl (C=O) groups is 1. The van der Waals surface area contributed by atoms with Crippen LogP contribution in [0.15, 0.2) is 48.7 Å². The van der Waals surface area contributed by atoms with Gasteiger partial charge in [0.15, 0.2) is 6.61 Å². The Hall–Kier alpha value is -2.57. The Bertz CT molecular complexity index is 673. The van der Waals surface area contributed by atoms with Gasteiger partial charge in [-0.3, -0.25) is 9.78 Å². The molecule has 1 heterocycles. The summed E-state index contributed by atoms with van der Waals surface area (Å²) in [5.41, 5.74) is 1.63. The third-order valence-electron chi connectivity index (χ3n) is 3.47. The van der Waals surface area contributed by atoms with Gasteiger partial charge in [0.05, 0.1) is 17.9 Å². The highest BCUT2D eigenvalue weighted by Gasteiger charge is 2.28. The molecular weight excluding hydrogens is 333 g/mol. The highest BCUT2D eigenvalue weighted by molar-refractivity contribution is 5.76. The smallest absolute Gasteiger partial charge is 0.422 e. The molecule has 0 spiro atoms. The third-order valence-corrected chi connectivity index (χ3v) is 3.47. The lowest BCUT2D eigenvalue weighted by molar-refractivity contribution is -0.153. The number of hydrogen-bond donors (Lipinski definition) is 1. The summed E-state index contributed by atoms with van der Waals surface area (Å²) in [5, 5.41) is 2.82. The van der Waals surface area contributed by atoms with Crippen molar-refractivity contribution in [2.45, 2.75) is 32.0 Å². The Balaban J connectivity index is 1.81. The number of aromatic nitrogens is 1. The number of nitrogens with one attached hydrogen (secondary N) is 1. The zero-order valence-corrected chi connectivity index (χ0v) is 13.7. The summed E-state index contributed by atoms with van der Waals surface area (Å²) in [4.78, 5) is 16.0. The van der Waals surface area contributed by atoms with Crippen LogP contribution in [-0.2, 0) is 11.2 Å². The second-order valence-electron chi connectivity index (χ2n) is 5.60. The molecular formula is C18H19F3N2O2. The summed E-state index contributed by atoms with van der Waals surface area (Å²) in [6.45, 7) is 0.402. The average Bonchev–Trinajstić information content (AvgIpc) is 2.59. The van der Waals surface area contributed by atoms with E-state index in [0.29, 0.717) is 18.5 Å². The van der Waals surface area contributed by atoms with Crippen molar-refractivity contribution in [3.05, 3.63) is 59.9 Å². The lowest BCUT2D eigenvalue weighted by atomic mass is 10.1. The molecule has 1 amide bonds. The summed E-state index contributed by atoms with van der Waals surface area (Å²) in [5.74, 6) is -0.0840. The van der Waals surface area contributed by atoms with Crippen molar-refractivity contribution in [2.75, 3.05) is 6.61 Å². The minimum atomic E-state index is -4.39. The number of rotatable bonds is 7. The van der Waals surface area contributed by atoms with Crippen LogP contribution in [0.4, 0.5) is 13.2 Å². The molecule has 0 aliphatic rings. The van der Waals surface area contributed by atoms with Crippen molar-refractivity contribution in [3.8, 4) is 5.75 Å². The van der Waals surface area contributed by atoms with E-state index in [1.54, 1.807) is 6.92 Å². The van der Waals surface area contributed by atoms with Crippen LogP contribution in [0.1, 0.15) is 30.6 Å². The summed E-state index contributed by atoms with van der Waals surface area (Å²) in [7, 11) is 0. The maximum atomic E-state index is 12.1.